The van der Waals surface area contributed by atoms with Crippen LogP contribution in [0.3, 0.4) is 0 Å². The molecule has 2 amide bonds. The molecule has 0 aromatic heterocycles. The molecular formula is C28H40N2O5. The number of carbonyl (C=O) groups excluding carboxylic acids is 3. The summed E-state index contributed by atoms with van der Waals surface area (Å²) in [6.07, 6.45) is 7.95. The normalized spacial score (nSPS) is 26.3. The SMILES string of the molecule is CCCCCNC(=O)[C@@H]1[C@H]2C=C[C@@H](CC)[C@@H](C(=O)OCC)[C@@H]2C(=O)N1[C@@H](CO)Cc1ccccc1. The molecule has 1 fully saturated rings. The second-order valence-electron chi connectivity index (χ2n) is 9.55. The van der Waals surface area contributed by atoms with E-state index in [4.69, 9.17) is 4.74 Å². The lowest BCUT2D eigenvalue weighted by molar-refractivity contribution is -0.156. The van der Waals surface area contributed by atoms with Gasteiger partial charge in [-0.25, -0.2) is 0 Å². The second-order valence-corrected chi connectivity index (χ2v) is 9.55. The number of nitrogens with zero attached hydrogens (tertiary/aromatic N) is 1. The van der Waals surface area contributed by atoms with Crippen LogP contribution in [0.2, 0.25) is 0 Å². The van der Waals surface area contributed by atoms with E-state index < -0.39 is 29.8 Å². The topological polar surface area (TPSA) is 95.9 Å². The number of benzene rings is 1. The maximum Gasteiger partial charge on any atom is 0.310 e. The molecule has 1 aliphatic heterocycles. The molecule has 6 atom stereocenters. The van der Waals surface area contributed by atoms with Gasteiger partial charge in [0.1, 0.15) is 6.04 Å². The summed E-state index contributed by atoms with van der Waals surface area (Å²) in [6.45, 7) is 6.35. The van der Waals surface area contributed by atoms with Crippen molar-refractivity contribution in [2.75, 3.05) is 19.8 Å². The molecule has 35 heavy (non-hydrogen) atoms. The highest BCUT2D eigenvalue weighted by molar-refractivity contribution is 5.96. The number of carbonyl (C=O) groups is 3. The highest BCUT2D eigenvalue weighted by Gasteiger charge is 2.58. The van der Waals surface area contributed by atoms with Crippen molar-refractivity contribution < 1.29 is 24.2 Å². The maximum atomic E-state index is 14.0. The third-order valence-electron chi connectivity index (χ3n) is 7.34. The standard InChI is InChI=1S/C28H40N2O5/c1-4-7-11-16-29-26(32)25-22-15-14-20(5-2)23(28(34)35-6-3)24(22)27(33)30(25)21(18-31)17-19-12-9-8-10-13-19/h8-10,12-15,20-25,31H,4-7,11,16-18H2,1-3H3,(H,29,32)/t20-,21-,22+,23-,24-,25+/m1/s1. The van der Waals surface area contributed by atoms with Gasteiger partial charge in [0.05, 0.1) is 31.1 Å². The Bertz CT molecular complexity index is 887. The van der Waals surface area contributed by atoms with Gasteiger partial charge in [-0.2, -0.15) is 0 Å². The van der Waals surface area contributed by atoms with Gasteiger partial charge in [0.25, 0.3) is 0 Å². The van der Waals surface area contributed by atoms with Gasteiger partial charge in [-0.15, -0.1) is 0 Å². The zero-order valence-corrected chi connectivity index (χ0v) is 21.2. The number of unbranched alkanes of at least 4 members (excludes halogenated alkanes) is 2. The summed E-state index contributed by atoms with van der Waals surface area (Å²) in [5.74, 6) is -2.76. The average Bonchev–Trinajstić information content (AvgIpc) is 3.17. The fraction of sp³-hybridized carbons (Fsp3) is 0.607. The average molecular weight is 485 g/mol. The molecule has 1 saturated heterocycles. The summed E-state index contributed by atoms with van der Waals surface area (Å²) in [4.78, 5) is 42.1. The number of hydrogen-bond acceptors (Lipinski definition) is 5. The number of likely N-dealkylation sites (tertiary alicyclic amines) is 1. The van der Waals surface area contributed by atoms with Crippen molar-refractivity contribution >= 4 is 17.8 Å². The lowest BCUT2D eigenvalue weighted by atomic mass is 9.69. The summed E-state index contributed by atoms with van der Waals surface area (Å²) in [6, 6.07) is 8.30. The smallest absolute Gasteiger partial charge is 0.310 e. The molecule has 7 nitrogen and oxygen atoms in total. The molecule has 0 radical (unpaired) electrons. The van der Waals surface area contributed by atoms with Crippen LogP contribution < -0.4 is 5.32 Å². The first-order valence-electron chi connectivity index (χ1n) is 13.1. The number of aliphatic hydroxyl groups is 1. The van der Waals surface area contributed by atoms with Gasteiger partial charge in [-0.05, 0) is 37.7 Å². The maximum absolute atomic E-state index is 14.0. The summed E-state index contributed by atoms with van der Waals surface area (Å²) in [7, 11) is 0. The van der Waals surface area contributed by atoms with Crippen LogP contribution in [0.25, 0.3) is 0 Å². The van der Waals surface area contributed by atoms with Gasteiger partial charge in [0.2, 0.25) is 11.8 Å². The van der Waals surface area contributed by atoms with Crippen molar-refractivity contribution in [1.29, 1.82) is 0 Å². The van der Waals surface area contributed by atoms with Gasteiger partial charge >= 0.3 is 5.97 Å². The zero-order chi connectivity index (χ0) is 25.4. The van der Waals surface area contributed by atoms with Gasteiger partial charge in [-0.1, -0.05) is 69.2 Å². The van der Waals surface area contributed by atoms with Crippen molar-refractivity contribution in [2.24, 2.45) is 23.7 Å². The minimum absolute atomic E-state index is 0.130. The third kappa shape index (κ3) is 5.95. The molecular weight excluding hydrogens is 444 g/mol. The van der Waals surface area contributed by atoms with Crippen LogP contribution in [0.1, 0.15) is 52.0 Å². The minimum atomic E-state index is -0.777. The number of amides is 2. The van der Waals surface area contributed by atoms with E-state index in [1.807, 2.05) is 49.4 Å². The van der Waals surface area contributed by atoms with Gasteiger partial charge in [0, 0.05) is 12.5 Å². The number of rotatable bonds is 12. The Kier molecular flexibility index (Phi) is 9.90. The number of ether oxygens (including phenoxy) is 1. The Morgan fingerprint density at radius 2 is 1.86 bits per heavy atom. The van der Waals surface area contributed by atoms with Crippen LogP contribution in [0.15, 0.2) is 42.5 Å². The molecule has 0 saturated carbocycles. The predicted octanol–water partition coefficient (Wildman–Crippen LogP) is 3.11. The zero-order valence-electron chi connectivity index (χ0n) is 21.2. The van der Waals surface area contributed by atoms with E-state index in [0.717, 1.165) is 24.8 Å². The molecule has 0 unspecified atom stereocenters. The molecule has 1 aromatic carbocycles. The van der Waals surface area contributed by atoms with E-state index in [9.17, 15) is 19.5 Å². The van der Waals surface area contributed by atoms with Gasteiger partial charge < -0.3 is 20.1 Å². The second kappa shape index (κ2) is 12.9. The van der Waals surface area contributed by atoms with Gasteiger partial charge in [-0.3, -0.25) is 14.4 Å². The quantitative estimate of drug-likeness (QED) is 0.270. The van der Waals surface area contributed by atoms with E-state index >= 15 is 0 Å². The van der Waals surface area contributed by atoms with Crippen LogP contribution >= 0.6 is 0 Å². The molecule has 0 spiro atoms. The van der Waals surface area contributed by atoms with E-state index in [1.165, 1.54) is 0 Å². The van der Waals surface area contributed by atoms with Crippen LogP contribution in [0.5, 0.6) is 0 Å². The van der Waals surface area contributed by atoms with Crippen molar-refractivity contribution in [3.8, 4) is 0 Å². The molecule has 2 aliphatic rings. The summed E-state index contributed by atoms with van der Waals surface area (Å²) >= 11 is 0. The fourth-order valence-corrected chi connectivity index (χ4v) is 5.62. The van der Waals surface area contributed by atoms with Crippen LogP contribution in [0.4, 0.5) is 0 Å². The predicted molar refractivity (Wildman–Crippen MR) is 134 cm³/mol. The Balaban J connectivity index is 1.97. The van der Waals surface area contributed by atoms with Crippen molar-refractivity contribution in [3.63, 3.8) is 0 Å². The Labute approximate surface area is 208 Å². The summed E-state index contributed by atoms with van der Waals surface area (Å²) in [5, 5.41) is 13.4. The molecule has 192 valence electrons. The van der Waals surface area contributed by atoms with Gasteiger partial charge in [0.15, 0.2) is 0 Å². The molecule has 3 rings (SSSR count). The lowest BCUT2D eigenvalue weighted by Gasteiger charge is -2.34. The molecule has 1 aliphatic carbocycles. The van der Waals surface area contributed by atoms with Crippen molar-refractivity contribution in [3.05, 3.63) is 48.0 Å². The van der Waals surface area contributed by atoms with Crippen molar-refractivity contribution in [2.45, 2.75) is 65.0 Å². The molecule has 1 aromatic rings. The molecule has 1 heterocycles. The Morgan fingerprint density at radius 3 is 2.49 bits per heavy atom. The minimum Gasteiger partial charge on any atom is -0.466 e. The van der Waals surface area contributed by atoms with Crippen molar-refractivity contribution in [1.82, 2.24) is 10.2 Å². The molecule has 2 N–H and O–H groups in total. The van der Waals surface area contributed by atoms with Crippen LogP contribution in [0, 0.1) is 23.7 Å². The van der Waals surface area contributed by atoms with E-state index in [2.05, 4.69) is 12.2 Å². The van der Waals surface area contributed by atoms with Crippen LogP contribution in [-0.4, -0.2) is 59.6 Å². The van der Waals surface area contributed by atoms with Crippen LogP contribution in [-0.2, 0) is 25.5 Å². The monoisotopic (exact) mass is 484 g/mol. The number of fused-ring (bicyclic) bond motifs is 1. The summed E-state index contributed by atoms with van der Waals surface area (Å²) < 4.78 is 5.38. The highest BCUT2D eigenvalue weighted by atomic mass is 16.5. The largest absolute Gasteiger partial charge is 0.466 e. The first-order valence-corrected chi connectivity index (χ1v) is 13.1. The van der Waals surface area contributed by atoms with E-state index in [1.54, 1.807) is 11.8 Å². The Morgan fingerprint density at radius 1 is 1.11 bits per heavy atom. The number of hydrogen-bond donors (Lipinski definition) is 2. The van der Waals surface area contributed by atoms with E-state index in [0.29, 0.717) is 19.4 Å². The fourth-order valence-electron chi connectivity index (χ4n) is 5.62. The third-order valence-corrected chi connectivity index (χ3v) is 7.34. The van der Waals surface area contributed by atoms with E-state index in [-0.39, 0.29) is 36.9 Å². The number of allylic oxidation sites excluding steroid dienone is 1. The number of esters is 1. The number of aliphatic hydroxyl groups excluding tert-OH is 1. The molecule has 0 bridgehead atoms. The molecule has 7 heteroatoms. The first-order chi connectivity index (χ1) is 17.0. The Hall–Kier alpha value is -2.67. The lowest BCUT2D eigenvalue weighted by Crippen LogP contribution is -2.53. The highest BCUT2D eigenvalue weighted by Crippen LogP contribution is 2.46. The first kappa shape index (κ1) is 26.9. The summed E-state index contributed by atoms with van der Waals surface area (Å²) in [5.41, 5.74) is 0.972. The number of nitrogens with one attached hydrogen (secondary N) is 1.